The molecule has 0 bridgehead atoms. The van der Waals surface area contributed by atoms with Crippen LogP contribution in [0.25, 0.3) is 0 Å². The van der Waals surface area contributed by atoms with E-state index in [1.165, 1.54) is 25.3 Å². The molecule has 8 nitrogen and oxygen atoms in total. The van der Waals surface area contributed by atoms with Crippen molar-refractivity contribution >= 4 is 21.7 Å². The molecule has 2 aromatic rings. The van der Waals surface area contributed by atoms with Crippen molar-refractivity contribution in [3.05, 3.63) is 47.7 Å². The summed E-state index contributed by atoms with van der Waals surface area (Å²) in [5, 5.41) is 2.69. The van der Waals surface area contributed by atoms with Gasteiger partial charge in [-0.15, -0.1) is 0 Å². The van der Waals surface area contributed by atoms with Gasteiger partial charge in [0.05, 0.1) is 24.2 Å². The maximum Gasteiger partial charge on any atom is 0.260 e. The number of nitrogens with zero attached hydrogens (tertiary/aromatic N) is 1. The minimum atomic E-state index is -3.79. The van der Waals surface area contributed by atoms with Gasteiger partial charge in [-0.1, -0.05) is 6.07 Å². The standard InChI is InChI=1S/C18H21N3O5S/c1-12-4-3-8-19-17(12)20-18(22)15-10-14(5-6-16(15)25-2)27(23,24)21-13-7-9-26-11-13/h3-6,8,10,13,21H,7,9,11H2,1-2H3,(H,19,20,22). The van der Waals surface area contributed by atoms with Gasteiger partial charge in [0.15, 0.2) is 0 Å². The molecule has 0 saturated carbocycles. The van der Waals surface area contributed by atoms with Crippen LogP contribution in [0.1, 0.15) is 22.3 Å². The number of sulfonamides is 1. The first-order chi connectivity index (χ1) is 12.9. The molecule has 0 spiro atoms. The highest BCUT2D eigenvalue weighted by Gasteiger charge is 2.25. The molecule has 27 heavy (non-hydrogen) atoms. The lowest BCUT2D eigenvalue weighted by Gasteiger charge is -2.14. The molecule has 0 aliphatic carbocycles. The van der Waals surface area contributed by atoms with Gasteiger partial charge in [-0.2, -0.15) is 0 Å². The Hall–Kier alpha value is -2.49. The number of amides is 1. The number of methoxy groups -OCH3 is 1. The first-order valence-electron chi connectivity index (χ1n) is 8.42. The largest absolute Gasteiger partial charge is 0.496 e. The van der Waals surface area contributed by atoms with Crippen LogP contribution >= 0.6 is 0 Å². The highest BCUT2D eigenvalue weighted by atomic mass is 32.2. The number of anilines is 1. The van der Waals surface area contributed by atoms with E-state index in [4.69, 9.17) is 9.47 Å². The molecule has 1 atom stereocenters. The zero-order valence-corrected chi connectivity index (χ0v) is 15.9. The predicted octanol–water partition coefficient (Wildman–Crippen LogP) is 1.72. The summed E-state index contributed by atoms with van der Waals surface area (Å²) in [5.74, 6) is 0.165. The molecule has 1 aliphatic rings. The summed E-state index contributed by atoms with van der Waals surface area (Å²) in [6.07, 6.45) is 2.18. The number of hydrogen-bond donors (Lipinski definition) is 2. The van der Waals surface area contributed by atoms with E-state index < -0.39 is 15.9 Å². The highest BCUT2D eigenvalue weighted by molar-refractivity contribution is 7.89. The highest BCUT2D eigenvalue weighted by Crippen LogP contribution is 2.24. The van der Waals surface area contributed by atoms with Crippen molar-refractivity contribution in [1.82, 2.24) is 9.71 Å². The van der Waals surface area contributed by atoms with Crippen LogP contribution in [-0.2, 0) is 14.8 Å². The van der Waals surface area contributed by atoms with Gasteiger partial charge in [0, 0.05) is 18.8 Å². The van der Waals surface area contributed by atoms with Crippen LogP contribution in [0.2, 0.25) is 0 Å². The molecule has 1 amide bonds. The van der Waals surface area contributed by atoms with Gasteiger partial charge in [0.2, 0.25) is 10.0 Å². The van der Waals surface area contributed by atoms with E-state index in [9.17, 15) is 13.2 Å². The summed E-state index contributed by atoms with van der Waals surface area (Å²) in [6, 6.07) is 7.46. The first-order valence-corrected chi connectivity index (χ1v) is 9.90. The normalized spacial score (nSPS) is 16.9. The Labute approximate surface area is 158 Å². The molecule has 1 saturated heterocycles. The summed E-state index contributed by atoms with van der Waals surface area (Å²) < 4.78 is 38.3. The second-order valence-electron chi connectivity index (χ2n) is 6.17. The van der Waals surface area contributed by atoms with Crippen LogP contribution in [0, 0.1) is 6.92 Å². The van der Waals surface area contributed by atoms with Crippen LogP contribution < -0.4 is 14.8 Å². The minimum absolute atomic E-state index is 0.0157. The van der Waals surface area contributed by atoms with Gasteiger partial charge in [-0.05, 0) is 43.2 Å². The van der Waals surface area contributed by atoms with E-state index in [-0.39, 0.29) is 22.3 Å². The fraction of sp³-hybridized carbons (Fsp3) is 0.333. The number of carbonyl (C=O) groups is 1. The molecule has 1 aromatic heterocycles. The van der Waals surface area contributed by atoms with E-state index in [0.29, 0.717) is 25.5 Å². The van der Waals surface area contributed by atoms with Crippen molar-refractivity contribution in [1.29, 1.82) is 0 Å². The molecule has 144 valence electrons. The summed E-state index contributed by atoms with van der Waals surface area (Å²) >= 11 is 0. The Morgan fingerprint density at radius 3 is 2.81 bits per heavy atom. The molecule has 1 aromatic carbocycles. The zero-order chi connectivity index (χ0) is 19.4. The third-order valence-corrected chi connectivity index (χ3v) is 5.74. The van der Waals surface area contributed by atoms with E-state index in [1.54, 1.807) is 12.3 Å². The van der Waals surface area contributed by atoms with Crippen molar-refractivity contribution < 1.29 is 22.7 Å². The van der Waals surface area contributed by atoms with Gasteiger partial charge < -0.3 is 14.8 Å². The second-order valence-corrected chi connectivity index (χ2v) is 7.88. The number of aryl methyl sites for hydroxylation is 1. The number of ether oxygens (including phenoxy) is 2. The smallest absolute Gasteiger partial charge is 0.260 e. The van der Waals surface area contributed by atoms with E-state index in [1.807, 2.05) is 13.0 Å². The Bertz CT molecular complexity index is 940. The molecule has 1 unspecified atom stereocenters. The van der Waals surface area contributed by atoms with Gasteiger partial charge in [-0.25, -0.2) is 18.1 Å². The Morgan fingerprint density at radius 1 is 1.33 bits per heavy atom. The maximum absolute atomic E-state index is 12.7. The first kappa shape index (κ1) is 19.3. The Balaban J connectivity index is 1.89. The van der Waals surface area contributed by atoms with Crippen molar-refractivity contribution in [2.45, 2.75) is 24.3 Å². The molecular weight excluding hydrogens is 370 g/mol. The van der Waals surface area contributed by atoms with Gasteiger partial charge >= 0.3 is 0 Å². The summed E-state index contributed by atoms with van der Waals surface area (Å²) in [5.41, 5.74) is 0.893. The fourth-order valence-corrected chi connectivity index (χ4v) is 4.02. The lowest BCUT2D eigenvalue weighted by atomic mass is 10.2. The van der Waals surface area contributed by atoms with Crippen molar-refractivity contribution in [2.24, 2.45) is 0 Å². The van der Waals surface area contributed by atoms with E-state index in [0.717, 1.165) is 5.56 Å². The summed E-state index contributed by atoms with van der Waals surface area (Å²) in [7, 11) is -2.37. The molecule has 3 rings (SSSR count). The van der Waals surface area contributed by atoms with E-state index >= 15 is 0 Å². The number of rotatable bonds is 6. The zero-order valence-electron chi connectivity index (χ0n) is 15.1. The van der Waals surface area contributed by atoms with E-state index in [2.05, 4.69) is 15.0 Å². The Kier molecular flexibility index (Phi) is 5.73. The third kappa shape index (κ3) is 4.44. The van der Waals surface area contributed by atoms with Crippen LogP contribution in [0.3, 0.4) is 0 Å². The third-order valence-electron chi connectivity index (χ3n) is 4.22. The van der Waals surface area contributed by atoms with Gasteiger partial charge in [0.1, 0.15) is 11.6 Å². The number of aromatic nitrogens is 1. The topological polar surface area (TPSA) is 107 Å². The lowest BCUT2D eigenvalue weighted by molar-refractivity contribution is 0.102. The molecule has 2 N–H and O–H groups in total. The average Bonchev–Trinajstić information content (AvgIpc) is 3.15. The molecule has 2 heterocycles. The second kappa shape index (κ2) is 8.03. The monoisotopic (exact) mass is 391 g/mol. The number of benzene rings is 1. The van der Waals surface area contributed by atoms with Gasteiger partial charge in [-0.3, -0.25) is 4.79 Å². The average molecular weight is 391 g/mol. The lowest BCUT2D eigenvalue weighted by Crippen LogP contribution is -2.35. The SMILES string of the molecule is COc1ccc(S(=O)(=O)NC2CCOC2)cc1C(=O)Nc1ncccc1C. The van der Waals surface area contributed by atoms with Crippen LogP contribution in [0.15, 0.2) is 41.4 Å². The van der Waals surface area contributed by atoms with Crippen molar-refractivity contribution in [3.8, 4) is 5.75 Å². The molecular formula is C18H21N3O5S. The summed E-state index contributed by atoms with van der Waals surface area (Å²) in [6.45, 7) is 2.67. The number of carbonyl (C=O) groups excluding carboxylic acids is 1. The van der Waals surface area contributed by atoms with Crippen LogP contribution in [0.5, 0.6) is 5.75 Å². The molecule has 0 radical (unpaired) electrons. The quantitative estimate of drug-likeness (QED) is 0.777. The fourth-order valence-electron chi connectivity index (χ4n) is 2.74. The molecule has 1 fully saturated rings. The molecule has 1 aliphatic heterocycles. The van der Waals surface area contributed by atoms with Crippen molar-refractivity contribution in [2.75, 3.05) is 25.6 Å². The Morgan fingerprint density at radius 2 is 2.15 bits per heavy atom. The predicted molar refractivity (Wildman–Crippen MR) is 99.5 cm³/mol. The van der Waals surface area contributed by atoms with Gasteiger partial charge in [0.25, 0.3) is 5.91 Å². The molecule has 9 heteroatoms. The minimum Gasteiger partial charge on any atom is -0.496 e. The number of pyridine rings is 1. The number of hydrogen-bond acceptors (Lipinski definition) is 6. The summed E-state index contributed by atoms with van der Waals surface area (Å²) in [4.78, 5) is 16.8. The van der Waals surface area contributed by atoms with Crippen molar-refractivity contribution in [3.63, 3.8) is 0 Å². The maximum atomic E-state index is 12.7. The number of nitrogens with one attached hydrogen (secondary N) is 2. The van der Waals surface area contributed by atoms with Crippen LogP contribution in [-0.4, -0.2) is 45.7 Å². The van der Waals surface area contributed by atoms with Crippen LogP contribution in [0.4, 0.5) is 5.82 Å².